The van der Waals surface area contributed by atoms with Gasteiger partial charge in [-0.2, -0.15) is 0 Å². The van der Waals surface area contributed by atoms with E-state index in [1.807, 2.05) is 6.07 Å². The minimum Gasteiger partial charge on any atom is -0.497 e. The minimum absolute atomic E-state index is 0.312. The van der Waals surface area contributed by atoms with Gasteiger partial charge in [-0.15, -0.1) is 0 Å². The number of methoxy groups -OCH3 is 1. The summed E-state index contributed by atoms with van der Waals surface area (Å²) in [5.74, 6) is 0.408. The van der Waals surface area contributed by atoms with E-state index < -0.39 is 0 Å². The monoisotopic (exact) mass is 313 g/mol. The molecule has 23 heavy (non-hydrogen) atoms. The third-order valence-corrected chi connectivity index (χ3v) is 3.67. The molecule has 0 fully saturated rings. The van der Waals surface area contributed by atoms with Gasteiger partial charge < -0.3 is 14.4 Å². The van der Waals surface area contributed by atoms with Crippen molar-refractivity contribution < 1.29 is 14.3 Å². The lowest BCUT2D eigenvalue weighted by molar-refractivity contribution is 0.0515. The van der Waals surface area contributed by atoms with E-state index in [1.165, 1.54) is 5.56 Å². The fourth-order valence-corrected chi connectivity index (χ4v) is 2.35. The molecule has 0 saturated carbocycles. The molecule has 2 rings (SSSR count). The number of ether oxygens (including phenoxy) is 2. The van der Waals surface area contributed by atoms with Crippen LogP contribution in [0, 0.1) is 6.92 Å². The zero-order valence-electron chi connectivity index (χ0n) is 13.9. The van der Waals surface area contributed by atoms with Gasteiger partial charge in [-0.25, -0.2) is 4.79 Å². The molecule has 0 N–H and O–H groups in total. The van der Waals surface area contributed by atoms with E-state index in [1.54, 1.807) is 31.4 Å². The normalized spacial score (nSPS) is 10.2. The second-order valence-corrected chi connectivity index (χ2v) is 5.28. The summed E-state index contributed by atoms with van der Waals surface area (Å²) < 4.78 is 10.4. The van der Waals surface area contributed by atoms with Gasteiger partial charge in [-0.3, -0.25) is 0 Å². The molecule has 0 saturated heterocycles. The molecule has 2 aromatic rings. The van der Waals surface area contributed by atoms with Crippen molar-refractivity contribution in [2.24, 2.45) is 0 Å². The van der Waals surface area contributed by atoms with Gasteiger partial charge in [0.25, 0.3) is 0 Å². The maximum Gasteiger partial charge on any atom is 0.338 e. The van der Waals surface area contributed by atoms with Gasteiger partial charge in [-0.1, -0.05) is 12.1 Å². The average molecular weight is 313 g/mol. The standard InChI is InChI=1S/C19H23NO3/c1-4-20(17-7-5-6-15(2)14-17)12-13-23-19(21)16-8-10-18(22-3)11-9-16/h5-11,14H,4,12-13H2,1-3H3. The number of anilines is 1. The Hall–Kier alpha value is -2.49. The van der Waals surface area contributed by atoms with Crippen molar-refractivity contribution in [3.05, 3.63) is 59.7 Å². The van der Waals surface area contributed by atoms with E-state index >= 15 is 0 Å². The number of likely N-dealkylation sites (N-methyl/N-ethyl adjacent to an activating group) is 1. The van der Waals surface area contributed by atoms with Crippen molar-refractivity contribution in [2.45, 2.75) is 13.8 Å². The number of hydrogen-bond donors (Lipinski definition) is 0. The zero-order valence-corrected chi connectivity index (χ0v) is 13.9. The Kier molecular flexibility index (Phi) is 6.03. The maximum atomic E-state index is 12.0. The number of benzene rings is 2. The predicted octanol–water partition coefficient (Wildman–Crippen LogP) is 3.69. The first-order valence-electron chi connectivity index (χ1n) is 7.77. The van der Waals surface area contributed by atoms with Crippen LogP contribution in [0.1, 0.15) is 22.8 Å². The molecule has 0 aromatic heterocycles. The molecule has 0 atom stereocenters. The highest BCUT2D eigenvalue weighted by Crippen LogP contribution is 2.16. The lowest BCUT2D eigenvalue weighted by Gasteiger charge is -2.23. The van der Waals surface area contributed by atoms with E-state index in [4.69, 9.17) is 9.47 Å². The van der Waals surface area contributed by atoms with Gasteiger partial charge in [0.15, 0.2) is 0 Å². The van der Waals surface area contributed by atoms with Crippen molar-refractivity contribution in [1.29, 1.82) is 0 Å². The van der Waals surface area contributed by atoms with Crippen LogP contribution in [0.2, 0.25) is 0 Å². The minimum atomic E-state index is -0.312. The molecule has 0 bridgehead atoms. The largest absolute Gasteiger partial charge is 0.497 e. The number of hydrogen-bond acceptors (Lipinski definition) is 4. The predicted molar refractivity (Wildman–Crippen MR) is 92.3 cm³/mol. The second kappa shape index (κ2) is 8.22. The maximum absolute atomic E-state index is 12.0. The molecule has 0 aliphatic heterocycles. The van der Waals surface area contributed by atoms with E-state index in [0.717, 1.165) is 18.0 Å². The molecule has 4 nitrogen and oxygen atoms in total. The van der Waals surface area contributed by atoms with Crippen molar-refractivity contribution in [2.75, 3.05) is 31.7 Å². The summed E-state index contributed by atoms with van der Waals surface area (Å²) in [6.45, 7) is 6.05. The lowest BCUT2D eigenvalue weighted by Crippen LogP contribution is -2.28. The molecule has 0 aliphatic rings. The molecule has 0 amide bonds. The molecular formula is C19H23NO3. The van der Waals surface area contributed by atoms with Crippen LogP contribution in [-0.4, -0.2) is 32.8 Å². The van der Waals surface area contributed by atoms with Crippen LogP contribution in [0.15, 0.2) is 48.5 Å². The Balaban J connectivity index is 1.88. The Morgan fingerprint density at radius 1 is 1.13 bits per heavy atom. The molecular weight excluding hydrogens is 290 g/mol. The van der Waals surface area contributed by atoms with Gasteiger partial charge in [0.05, 0.1) is 19.2 Å². The SMILES string of the molecule is CCN(CCOC(=O)c1ccc(OC)cc1)c1cccc(C)c1. The van der Waals surface area contributed by atoms with Crippen LogP contribution < -0.4 is 9.64 Å². The second-order valence-electron chi connectivity index (χ2n) is 5.28. The summed E-state index contributed by atoms with van der Waals surface area (Å²) in [7, 11) is 1.60. The van der Waals surface area contributed by atoms with Crippen molar-refractivity contribution >= 4 is 11.7 Å². The van der Waals surface area contributed by atoms with E-state index in [0.29, 0.717) is 18.7 Å². The molecule has 0 heterocycles. The Bertz CT molecular complexity index is 637. The average Bonchev–Trinajstić information content (AvgIpc) is 2.58. The zero-order chi connectivity index (χ0) is 16.7. The third kappa shape index (κ3) is 4.74. The molecule has 122 valence electrons. The van der Waals surface area contributed by atoms with Gasteiger partial charge in [0.1, 0.15) is 12.4 Å². The summed E-state index contributed by atoms with van der Waals surface area (Å²) >= 11 is 0. The highest BCUT2D eigenvalue weighted by atomic mass is 16.5. The summed E-state index contributed by atoms with van der Waals surface area (Å²) in [4.78, 5) is 14.2. The first-order valence-corrected chi connectivity index (χ1v) is 7.77. The quantitative estimate of drug-likeness (QED) is 0.731. The number of nitrogens with zero attached hydrogens (tertiary/aromatic N) is 1. The van der Waals surface area contributed by atoms with Gasteiger partial charge in [0, 0.05) is 12.2 Å². The van der Waals surface area contributed by atoms with E-state index in [2.05, 4.69) is 36.9 Å². The fraction of sp³-hybridized carbons (Fsp3) is 0.316. The molecule has 0 radical (unpaired) electrons. The van der Waals surface area contributed by atoms with Crippen LogP contribution in [0.4, 0.5) is 5.69 Å². The topological polar surface area (TPSA) is 38.8 Å². The molecule has 0 spiro atoms. The molecule has 2 aromatic carbocycles. The van der Waals surface area contributed by atoms with Gasteiger partial charge in [0.2, 0.25) is 0 Å². The fourth-order valence-electron chi connectivity index (χ4n) is 2.35. The molecule has 4 heteroatoms. The highest BCUT2D eigenvalue weighted by Gasteiger charge is 2.09. The number of carbonyl (C=O) groups excluding carboxylic acids is 1. The number of carbonyl (C=O) groups is 1. The van der Waals surface area contributed by atoms with Crippen molar-refractivity contribution in [3.63, 3.8) is 0 Å². The summed E-state index contributed by atoms with van der Waals surface area (Å²) in [5.41, 5.74) is 2.90. The van der Waals surface area contributed by atoms with E-state index in [-0.39, 0.29) is 5.97 Å². The van der Waals surface area contributed by atoms with Crippen LogP contribution in [0.5, 0.6) is 5.75 Å². The van der Waals surface area contributed by atoms with Crippen LogP contribution in [-0.2, 0) is 4.74 Å². The van der Waals surface area contributed by atoms with Gasteiger partial charge in [-0.05, 0) is 55.8 Å². The van der Waals surface area contributed by atoms with Gasteiger partial charge >= 0.3 is 5.97 Å². The van der Waals surface area contributed by atoms with Crippen molar-refractivity contribution in [1.82, 2.24) is 0 Å². The van der Waals surface area contributed by atoms with Crippen LogP contribution in [0.25, 0.3) is 0 Å². The Morgan fingerprint density at radius 2 is 1.87 bits per heavy atom. The lowest BCUT2D eigenvalue weighted by atomic mass is 10.2. The Labute approximate surface area is 137 Å². The molecule has 0 unspecified atom stereocenters. The summed E-state index contributed by atoms with van der Waals surface area (Å²) in [6, 6.07) is 15.2. The first kappa shape index (κ1) is 16.9. The smallest absolute Gasteiger partial charge is 0.338 e. The number of aryl methyl sites for hydroxylation is 1. The number of esters is 1. The summed E-state index contributed by atoms with van der Waals surface area (Å²) in [5, 5.41) is 0. The summed E-state index contributed by atoms with van der Waals surface area (Å²) in [6.07, 6.45) is 0. The van der Waals surface area contributed by atoms with Crippen LogP contribution >= 0.6 is 0 Å². The van der Waals surface area contributed by atoms with Crippen LogP contribution in [0.3, 0.4) is 0 Å². The highest BCUT2D eigenvalue weighted by molar-refractivity contribution is 5.89. The first-order chi connectivity index (χ1) is 11.1. The van der Waals surface area contributed by atoms with E-state index in [9.17, 15) is 4.79 Å². The van der Waals surface area contributed by atoms with Crippen molar-refractivity contribution in [3.8, 4) is 5.75 Å². The Morgan fingerprint density at radius 3 is 2.48 bits per heavy atom. The molecule has 0 aliphatic carbocycles. The number of rotatable bonds is 7. The third-order valence-electron chi connectivity index (χ3n) is 3.67.